The first kappa shape index (κ1) is 10.6. The molecular formula is C11H10N4S2. The molecule has 0 spiro atoms. The van der Waals surface area contributed by atoms with Crippen molar-refractivity contribution >= 4 is 34.7 Å². The Hall–Kier alpha value is -1.53. The number of hydrogen-bond donors (Lipinski definition) is 1. The standard InChI is InChI=1S/C11H10N4S2/c1-7-2-3-9-10(13-7)15(11(16)14-9)5-8-4-12-6-17-8/h2-4,6H,5H2,1H3,(H,14,16). The first-order chi connectivity index (χ1) is 8.24. The second-order valence-corrected chi connectivity index (χ2v) is 5.17. The molecule has 0 saturated heterocycles. The van der Waals surface area contributed by atoms with Gasteiger partial charge in [-0.05, 0) is 31.3 Å². The Kier molecular flexibility index (Phi) is 2.53. The molecule has 3 rings (SSSR count). The topological polar surface area (TPSA) is 46.5 Å². The Morgan fingerprint density at radius 2 is 2.35 bits per heavy atom. The van der Waals surface area contributed by atoms with E-state index in [-0.39, 0.29) is 0 Å². The molecule has 3 aromatic rings. The predicted octanol–water partition coefficient (Wildman–Crippen LogP) is 2.91. The Bertz CT molecular complexity index is 709. The van der Waals surface area contributed by atoms with Gasteiger partial charge in [-0.2, -0.15) is 0 Å². The third kappa shape index (κ3) is 1.89. The van der Waals surface area contributed by atoms with Gasteiger partial charge in [-0.15, -0.1) is 11.3 Å². The molecule has 0 bridgehead atoms. The highest BCUT2D eigenvalue weighted by Gasteiger charge is 2.07. The van der Waals surface area contributed by atoms with Gasteiger partial charge < -0.3 is 4.98 Å². The summed E-state index contributed by atoms with van der Waals surface area (Å²) >= 11 is 6.94. The number of H-pyrrole nitrogens is 1. The van der Waals surface area contributed by atoms with Gasteiger partial charge in [-0.1, -0.05) is 0 Å². The molecule has 0 aliphatic carbocycles. The van der Waals surface area contributed by atoms with Crippen LogP contribution < -0.4 is 0 Å². The van der Waals surface area contributed by atoms with Crippen LogP contribution in [-0.4, -0.2) is 19.5 Å². The van der Waals surface area contributed by atoms with Crippen molar-refractivity contribution in [2.24, 2.45) is 0 Å². The van der Waals surface area contributed by atoms with Gasteiger partial charge in [0.15, 0.2) is 10.4 Å². The number of aromatic amines is 1. The van der Waals surface area contributed by atoms with Crippen molar-refractivity contribution in [3.8, 4) is 0 Å². The fourth-order valence-electron chi connectivity index (χ4n) is 1.75. The molecule has 0 radical (unpaired) electrons. The maximum Gasteiger partial charge on any atom is 0.179 e. The fourth-order valence-corrected chi connectivity index (χ4v) is 2.59. The van der Waals surface area contributed by atoms with E-state index in [9.17, 15) is 0 Å². The van der Waals surface area contributed by atoms with Crippen LogP contribution in [0.5, 0.6) is 0 Å². The lowest BCUT2D eigenvalue weighted by atomic mass is 10.3. The van der Waals surface area contributed by atoms with Crippen molar-refractivity contribution in [3.63, 3.8) is 0 Å². The number of thiazole rings is 1. The smallest absolute Gasteiger partial charge is 0.179 e. The van der Waals surface area contributed by atoms with Gasteiger partial charge in [0.2, 0.25) is 0 Å². The molecule has 0 atom stereocenters. The van der Waals surface area contributed by atoms with Crippen LogP contribution in [0.1, 0.15) is 10.6 Å². The molecule has 6 heteroatoms. The van der Waals surface area contributed by atoms with E-state index in [2.05, 4.69) is 15.0 Å². The number of imidazole rings is 1. The molecule has 0 unspecified atom stereocenters. The predicted molar refractivity (Wildman–Crippen MR) is 70.9 cm³/mol. The molecule has 17 heavy (non-hydrogen) atoms. The number of pyridine rings is 1. The van der Waals surface area contributed by atoms with E-state index in [1.54, 1.807) is 11.3 Å². The van der Waals surface area contributed by atoms with Crippen molar-refractivity contribution in [1.82, 2.24) is 19.5 Å². The molecule has 1 N–H and O–H groups in total. The first-order valence-corrected chi connectivity index (χ1v) is 6.46. The maximum absolute atomic E-state index is 5.32. The summed E-state index contributed by atoms with van der Waals surface area (Å²) in [6.07, 6.45) is 1.86. The molecule has 0 fully saturated rings. The van der Waals surface area contributed by atoms with E-state index in [0.29, 0.717) is 4.77 Å². The van der Waals surface area contributed by atoms with Gasteiger partial charge in [0.25, 0.3) is 0 Å². The summed E-state index contributed by atoms with van der Waals surface area (Å²) in [5.41, 5.74) is 4.70. The monoisotopic (exact) mass is 262 g/mol. The van der Waals surface area contributed by atoms with Crippen molar-refractivity contribution in [2.45, 2.75) is 13.5 Å². The van der Waals surface area contributed by atoms with E-state index in [1.807, 2.05) is 35.3 Å². The van der Waals surface area contributed by atoms with E-state index in [1.165, 1.54) is 4.88 Å². The molecular weight excluding hydrogens is 252 g/mol. The second-order valence-electron chi connectivity index (χ2n) is 3.81. The van der Waals surface area contributed by atoms with Gasteiger partial charge in [-0.25, -0.2) is 4.98 Å². The second kappa shape index (κ2) is 4.05. The zero-order chi connectivity index (χ0) is 11.8. The highest BCUT2D eigenvalue weighted by molar-refractivity contribution is 7.71. The normalized spacial score (nSPS) is 11.1. The quantitative estimate of drug-likeness (QED) is 0.722. The third-order valence-corrected chi connectivity index (χ3v) is 3.64. The average Bonchev–Trinajstić information content (AvgIpc) is 2.90. The molecule has 0 aromatic carbocycles. The average molecular weight is 262 g/mol. The highest BCUT2D eigenvalue weighted by Crippen LogP contribution is 2.16. The number of aromatic nitrogens is 4. The Morgan fingerprint density at radius 1 is 1.47 bits per heavy atom. The SMILES string of the molecule is Cc1ccc2[nH]c(=S)n(Cc3cncs3)c2n1. The van der Waals surface area contributed by atoms with E-state index in [0.717, 1.165) is 23.4 Å². The van der Waals surface area contributed by atoms with Gasteiger partial charge in [0.05, 0.1) is 17.6 Å². The molecule has 3 aromatic heterocycles. The summed E-state index contributed by atoms with van der Waals surface area (Å²) < 4.78 is 2.71. The molecule has 0 aliphatic rings. The highest BCUT2D eigenvalue weighted by atomic mass is 32.1. The minimum absolute atomic E-state index is 0.700. The van der Waals surface area contributed by atoms with Crippen LogP contribution in [0.25, 0.3) is 11.2 Å². The summed E-state index contributed by atoms with van der Waals surface area (Å²) in [6, 6.07) is 3.99. The number of rotatable bonds is 2. The lowest BCUT2D eigenvalue weighted by Gasteiger charge is -2.01. The van der Waals surface area contributed by atoms with E-state index in [4.69, 9.17) is 12.2 Å². The zero-order valence-electron chi connectivity index (χ0n) is 9.17. The van der Waals surface area contributed by atoms with Gasteiger partial charge in [0.1, 0.15) is 0 Å². The van der Waals surface area contributed by atoms with Crippen molar-refractivity contribution < 1.29 is 0 Å². The molecule has 0 amide bonds. The van der Waals surface area contributed by atoms with E-state index >= 15 is 0 Å². The fraction of sp³-hybridized carbons (Fsp3) is 0.182. The van der Waals surface area contributed by atoms with Crippen LogP contribution in [0.15, 0.2) is 23.8 Å². The summed E-state index contributed by atoms with van der Waals surface area (Å²) in [6.45, 7) is 2.70. The summed E-state index contributed by atoms with van der Waals surface area (Å²) in [5, 5.41) is 0. The van der Waals surface area contributed by atoms with Crippen LogP contribution >= 0.6 is 23.6 Å². The van der Waals surface area contributed by atoms with Gasteiger partial charge >= 0.3 is 0 Å². The minimum atomic E-state index is 0.700. The maximum atomic E-state index is 5.32. The summed E-state index contributed by atoms with van der Waals surface area (Å²) in [7, 11) is 0. The number of nitrogens with one attached hydrogen (secondary N) is 1. The lowest BCUT2D eigenvalue weighted by Crippen LogP contribution is -1.99. The molecule has 0 saturated carbocycles. The first-order valence-electron chi connectivity index (χ1n) is 5.17. The zero-order valence-corrected chi connectivity index (χ0v) is 10.8. The number of fused-ring (bicyclic) bond motifs is 1. The van der Waals surface area contributed by atoms with Gasteiger partial charge in [-0.3, -0.25) is 9.55 Å². The van der Waals surface area contributed by atoms with Crippen LogP contribution in [-0.2, 0) is 6.54 Å². The number of nitrogens with zero attached hydrogens (tertiary/aromatic N) is 3. The molecule has 0 aliphatic heterocycles. The number of hydrogen-bond acceptors (Lipinski definition) is 4. The lowest BCUT2D eigenvalue weighted by molar-refractivity contribution is 0.809. The molecule has 4 nitrogen and oxygen atoms in total. The number of aryl methyl sites for hydroxylation is 1. The Balaban J connectivity index is 2.17. The van der Waals surface area contributed by atoms with E-state index < -0.39 is 0 Å². The van der Waals surface area contributed by atoms with Crippen LogP contribution in [0, 0.1) is 11.7 Å². The molecule has 86 valence electrons. The van der Waals surface area contributed by atoms with Crippen LogP contribution in [0.3, 0.4) is 0 Å². The van der Waals surface area contributed by atoms with Crippen LogP contribution in [0.2, 0.25) is 0 Å². The largest absolute Gasteiger partial charge is 0.329 e. The molecule has 3 heterocycles. The Labute approximate surface area is 107 Å². The van der Waals surface area contributed by atoms with Gasteiger partial charge in [0, 0.05) is 16.8 Å². The minimum Gasteiger partial charge on any atom is -0.329 e. The van der Waals surface area contributed by atoms with Crippen LogP contribution in [0.4, 0.5) is 0 Å². The summed E-state index contributed by atoms with van der Waals surface area (Å²) in [5.74, 6) is 0. The summed E-state index contributed by atoms with van der Waals surface area (Å²) in [4.78, 5) is 12.9. The van der Waals surface area contributed by atoms with Crippen molar-refractivity contribution in [1.29, 1.82) is 0 Å². The third-order valence-electron chi connectivity index (χ3n) is 2.55. The van der Waals surface area contributed by atoms with Crippen molar-refractivity contribution in [2.75, 3.05) is 0 Å². The Morgan fingerprint density at radius 3 is 3.12 bits per heavy atom. The van der Waals surface area contributed by atoms with Crippen molar-refractivity contribution in [3.05, 3.63) is 39.2 Å².